The van der Waals surface area contributed by atoms with E-state index in [1.807, 2.05) is 0 Å². The predicted octanol–water partition coefficient (Wildman–Crippen LogP) is 6.22. The molecule has 5 rings (SSSR count). The summed E-state index contributed by atoms with van der Waals surface area (Å²) in [7, 11) is 2.25. The predicted molar refractivity (Wildman–Crippen MR) is 145 cm³/mol. The highest BCUT2D eigenvalue weighted by atomic mass is 15.2. The molecule has 1 aliphatic carbocycles. The number of piperidine rings is 2. The van der Waals surface area contributed by atoms with E-state index in [4.69, 9.17) is 0 Å². The molecule has 3 nitrogen and oxygen atoms in total. The standard InChI is InChI=1S/C31H47N3/c1-25(33-23-17-31(18-24-33)34-19-3-4-20-34)28-11-13-30(14-12-28)29-9-7-26(8-10-29)5-6-27-15-21-32(2)22-16-27/h7-10,13,27-28,31H,1,3-6,11-12,14-24H2,2H3. The van der Waals surface area contributed by atoms with Gasteiger partial charge < -0.3 is 14.7 Å². The quantitative estimate of drug-likeness (QED) is 0.477. The zero-order valence-electron chi connectivity index (χ0n) is 21.7. The van der Waals surface area contributed by atoms with Gasteiger partial charge in [0, 0.05) is 30.7 Å². The molecule has 0 radical (unpaired) electrons. The van der Waals surface area contributed by atoms with Crippen LogP contribution < -0.4 is 0 Å². The van der Waals surface area contributed by atoms with E-state index >= 15 is 0 Å². The smallest absolute Gasteiger partial charge is 0.0189 e. The Labute approximate surface area is 208 Å². The molecular formula is C31H47N3. The van der Waals surface area contributed by atoms with Crippen molar-refractivity contribution in [3.8, 4) is 0 Å². The summed E-state index contributed by atoms with van der Waals surface area (Å²) in [6.45, 7) is 12.2. The zero-order chi connectivity index (χ0) is 23.3. The highest BCUT2D eigenvalue weighted by Gasteiger charge is 2.29. The highest BCUT2D eigenvalue weighted by Crippen LogP contribution is 2.36. The minimum absolute atomic E-state index is 0.640. The van der Waals surface area contributed by atoms with Gasteiger partial charge in [-0.2, -0.15) is 0 Å². The fraction of sp³-hybridized carbons (Fsp3) is 0.677. The Hall–Kier alpha value is -1.58. The number of aryl methyl sites for hydroxylation is 1. The van der Waals surface area contributed by atoms with Gasteiger partial charge in [-0.15, -0.1) is 0 Å². The number of nitrogens with zero attached hydrogens (tertiary/aromatic N) is 3. The fourth-order valence-electron chi connectivity index (χ4n) is 6.89. The number of hydrogen-bond acceptors (Lipinski definition) is 3. The molecule has 1 aromatic rings. The summed E-state index contributed by atoms with van der Waals surface area (Å²) in [5, 5.41) is 0. The van der Waals surface area contributed by atoms with Gasteiger partial charge in [0.15, 0.2) is 0 Å². The first-order valence-electron chi connectivity index (χ1n) is 14.3. The van der Waals surface area contributed by atoms with E-state index in [1.165, 1.54) is 120 Å². The first kappa shape index (κ1) is 24.1. The number of rotatable bonds is 7. The summed E-state index contributed by atoms with van der Waals surface area (Å²) in [6, 6.07) is 10.4. The molecule has 0 aromatic heterocycles. The maximum Gasteiger partial charge on any atom is 0.0189 e. The Bertz CT molecular complexity index is 819. The van der Waals surface area contributed by atoms with Crippen molar-refractivity contribution in [1.82, 2.24) is 14.7 Å². The first-order chi connectivity index (χ1) is 16.7. The lowest BCUT2D eigenvalue weighted by Gasteiger charge is -2.41. The van der Waals surface area contributed by atoms with Crippen molar-refractivity contribution in [3.05, 3.63) is 53.7 Å². The van der Waals surface area contributed by atoms with E-state index < -0.39 is 0 Å². The molecule has 34 heavy (non-hydrogen) atoms. The average molecular weight is 462 g/mol. The highest BCUT2D eigenvalue weighted by molar-refractivity contribution is 5.66. The Morgan fingerprint density at radius 2 is 1.59 bits per heavy atom. The molecule has 3 heterocycles. The topological polar surface area (TPSA) is 9.72 Å². The third-order valence-corrected chi connectivity index (χ3v) is 9.41. The molecule has 4 aliphatic rings. The van der Waals surface area contributed by atoms with Gasteiger partial charge in [0.05, 0.1) is 0 Å². The van der Waals surface area contributed by atoms with Crippen molar-refractivity contribution in [2.75, 3.05) is 46.3 Å². The molecule has 3 heteroatoms. The van der Waals surface area contributed by atoms with Gasteiger partial charge >= 0.3 is 0 Å². The summed E-state index contributed by atoms with van der Waals surface area (Å²) in [4.78, 5) is 7.84. The van der Waals surface area contributed by atoms with Crippen molar-refractivity contribution < 1.29 is 0 Å². The second-order valence-electron chi connectivity index (χ2n) is 11.6. The fourth-order valence-corrected chi connectivity index (χ4v) is 6.89. The van der Waals surface area contributed by atoms with Crippen LogP contribution in [0.3, 0.4) is 0 Å². The molecule has 0 saturated carbocycles. The van der Waals surface area contributed by atoms with Crippen LogP contribution >= 0.6 is 0 Å². The van der Waals surface area contributed by atoms with E-state index in [0.29, 0.717) is 5.92 Å². The number of hydrogen-bond donors (Lipinski definition) is 0. The first-order valence-corrected chi connectivity index (χ1v) is 14.3. The second-order valence-corrected chi connectivity index (χ2v) is 11.6. The van der Waals surface area contributed by atoms with E-state index in [2.05, 4.69) is 58.7 Å². The van der Waals surface area contributed by atoms with Gasteiger partial charge in [0.25, 0.3) is 0 Å². The third kappa shape index (κ3) is 5.97. The molecule has 0 bridgehead atoms. The number of likely N-dealkylation sites (tertiary alicyclic amines) is 3. The average Bonchev–Trinajstić information content (AvgIpc) is 3.44. The summed E-state index contributed by atoms with van der Waals surface area (Å²) in [5.41, 5.74) is 5.93. The summed E-state index contributed by atoms with van der Waals surface area (Å²) in [6.07, 6.45) is 17.0. The van der Waals surface area contributed by atoms with Crippen molar-refractivity contribution in [2.45, 2.75) is 76.7 Å². The van der Waals surface area contributed by atoms with Crippen LogP contribution in [0.25, 0.3) is 5.57 Å². The van der Waals surface area contributed by atoms with Crippen LogP contribution in [0.2, 0.25) is 0 Å². The van der Waals surface area contributed by atoms with E-state index in [-0.39, 0.29) is 0 Å². The van der Waals surface area contributed by atoms with Crippen LogP contribution in [-0.2, 0) is 6.42 Å². The van der Waals surface area contributed by atoms with Crippen LogP contribution in [0.1, 0.15) is 75.3 Å². The Kier molecular flexibility index (Phi) is 8.12. The number of allylic oxidation sites excluding steroid dienone is 3. The third-order valence-electron chi connectivity index (χ3n) is 9.41. The molecular weight excluding hydrogens is 414 g/mol. The second kappa shape index (κ2) is 11.4. The van der Waals surface area contributed by atoms with Gasteiger partial charge in [-0.05, 0) is 126 Å². The summed E-state index contributed by atoms with van der Waals surface area (Å²) in [5.74, 6) is 1.56. The maximum atomic E-state index is 4.58. The van der Waals surface area contributed by atoms with Crippen LogP contribution in [-0.4, -0.2) is 67.1 Å². The van der Waals surface area contributed by atoms with Gasteiger partial charge in [-0.25, -0.2) is 0 Å². The van der Waals surface area contributed by atoms with Crippen LogP contribution in [0, 0.1) is 11.8 Å². The maximum absolute atomic E-state index is 4.58. The monoisotopic (exact) mass is 461 g/mol. The SMILES string of the molecule is C=C(C1CC=C(c2ccc(CCC3CCN(C)CC3)cc2)CC1)N1CCC(N2CCCC2)CC1. The van der Waals surface area contributed by atoms with Crippen molar-refractivity contribution >= 4 is 5.57 Å². The lowest BCUT2D eigenvalue weighted by Crippen LogP contribution is -2.44. The zero-order valence-corrected chi connectivity index (χ0v) is 21.7. The lowest BCUT2D eigenvalue weighted by molar-refractivity contribution is 0.139. The minimum Gasteiger partial charge on any atom is -0.375 e. The van der Waals surface area contributed by atoms with Crippen molar-refractivity contribution in [1.29, 1.82) is 0 Å². The molecule has 0 N–H and O–H groups in total. The molecule has 186 valence electrons. The van der Waals surface area contributed by atoms with E-state index in [1.54, 1.807) is 5.57 Å². The van der Waals surface area contributed by atoms with Crippen LogP contribution in [0.4, 0.5) is 0 Å². The largest absolute Gasteiger partial charge is 0.375 e. The van der Waals surface area contributed by atoms with Gasteiger partial charge in [0.1, 0.15) is 0 Å². The molecule has 3 fully saturated rings. The lowest BCUT2D eigenvalue weighted by atomic mass is 9.84. The van der Waals surface area contributed by atoms with Crippen molar-refractivity contribution in [2.24, 2.45) is 11.8 Å². The molecule has 0 amide bonds. The Morgan fingerprint density at radius 3 is 2.24 bits per heavy atom. The van der Waals surface area contributed by atoms with Gasteiger partial charge in [-0.3, -0.25) is 0 Å². The molecule has 3 aliphatic heterocycles. The Balaban J connectivity index is 1.07. The molecule has 1 aromatic carbocycles. The molecule has 1 atom stereocenters. The summed E-state index contributed by atoms with van der Waals surface area (Å²) >= 11 is 0. The van der Waals surface area contributed by atoms with Crippen LogP contribution in [0.15, 0.2) is 42.6 Å². The minimum atomic E-state index is 0.640. The van der Waals surface area contributed by atoms with Crippen molar-refractivity contribution in [3.63, 3.8) is 0 Å². The normalized spacial score (nSPS) is 26.1. The molecule has 0 spiro atoms. The Morgan fingerprint density at radius 1 is 0.882 bits per heavy atom. The van der Waals surface area contributed by atoms with E-state index in [9.17, 15) is 0 Å². The summed E-state index contributed by atoms with van der Waals surface area (Å²) < 4.78 is 0. The van der Waals surface area contributed by atoms with Gasteiger partial charge in [-0.1, -0.05) is 36.9 Å². The number of benzene rings is 1. The molecule has 1 unspecified atom stereocenters. The van der Waals surface area contributed by atoms with Crippen LogP contribution in [0.5, 0.6) is 0 Å². The molecule has 3 saturated heterocycles. The van der Waals surface area contributed by atoms with E-state index in [0.717, 1.165) is 18.4 Å². The van der Waals surface area contributed by atoms with Gasteiger partial charge in [0.2, 0.25) is 0 Å².